The van der Waals surface area contributed by atoms with E-state index in [-0.39, 0.29) is 11.7 Å². The van der Waals surface area contributed by atoms with Crippen LogP contribution in [0.3, 0.4) is 0 Å². The molecule has 1 aliphatic heterocycles. The average Bonchev–Trinajstić information content (AvgIpc) is 2.90. The number of amides is 1. The SMILES string of the molecule is N[C@@H](Cc1ccc(O)cc1)C(=O)N1CCCC1C(=O)O. The van der Waals surface area contributed by atoms with E-state index >= 15 is 0 Å². The molecule has 1 saturated heterocycles. The number of carboxylic acid groups (broad SMARTS) is 1. The summed E-state index contributed by atoms with van der Waals surface area (Å²) >= 11 is 0. The highest BCUT2D eigenvalue weighted by Gasteiger charge is 2.35. The summed E-state index contributed by atoms with van der Waals surface area (Å²) in [7, 11) is 0. The van der Waals surface area contributed by atoms with Crippen molar-refractivity contribution in [3.63, 3.8) is 0 Å². The number of phenols is 1. The molecule has 1 aliphatic rings. The quantitative estimate of drug-likeness (QED) is 0.736. The highest BCUT2D eigenvalue weighted by atomic mass is 16.4. The summed E-state index contributed by atoms with van der Waals surface area (Å²) in [6, 6.07) is 4.93. The fraction of sp³-hybridized carbons (Fsp3) is 0.429. The number of likely N-dealkylation sites (tertiary alicyclic amines) is 1. The van der Waals surface area contributed by atoms with Gasteiger partial charge in [0.15, 0.2) is 0 Å². The number of nitrogens with two attached hydrogens (primary N) is 1. The molecule has 1 aromatic rings. The van der Waals surface area contributed by atoms with Crippen LogP contribution in [0.5, 0.6) is 5.75 Å². The monoisotopic (exact) mass is 278 g/mol. The molecule has 0 aliphatic carbocycles. The minimum absolute atomic E-state index is 0.152. The van der Waals surface area contributed by atoms with Gasteiger partial charge in [-0.25, -0.2) is 4.79 Å². The summed E-state index contributed by atoms with van der Waals surface area (Å²) in [6.07, 6.45) is 1.49. The number of hydrogen-bond acceptors (Lipinski definition) is 4. The minimum atomic E-state index is -0.979. The van der Waals surface area contributed by atoms with Gasteiger partial charge in [-0.3, -0.25) is 4.79 Å². The molecule has 6 heteroatoms. The average molecular weight is 278 g/mol. The Bertz CT molecular complexity index is 500. The first-order valence-corrected chi connectivity index (χ1v) is 6.56. The van der Waals surface area contributed by atoms with Crippen LogP contribution >= 0.6 is 0 Å². The number of carbonyl (C=O) groups is 2. The normalized spacial score (nSPS) is 19.9. The van der Waals surface area contributed by atoms with Crippen LogP contribution in [-0.4, -0.2) is 45.6 Å². The summed E-state index contributed by atoms with van der Waals surface area (Å²) in [6.45, 7) is 0.444. The van der Waals surface area contributed by atoms with Crippen molar-refractivity contribution < 1.29 is 19.8 Å². The summed E-state index contributed by atoms with van der Waals surface area (Å²) < 4.78 is 0. The van der Waals surface area contributed by atoms with Crippen molar-refractivity contribution in [3.8, 4) is 5.75 Å². The topological polar surface area (TPSA) is 104 Å². The van der Waals surface area contributed by atoms with E-state index in [1.165, 1.54) is 17.0 Å². The van der Waals surface area contributed by atoms with Crippen molar-refractivity contribution in [2.75, 3.05) is 6.54 Å². The Morgan fingerprint density at radius 1 is 1.35 bits per heavy atom. The zero-order valence-electron chi connectivity index (χ0n) is 11.0. The number of hydrogen-bond donors (Lipinski definition) is 3. The Hall–Kier alpha value is -2.08. The molecule has 1 unspecified atom stereocenters. The molecule has 6 nitrogen and oxygen atoms in total. The second-order valence-electron chi connectivity index (χ2n) is 5.00. The highest BCUT2D eigenvalue weighted by Crippen LogP contribution is 2.19. The molecule has 1 heterocycles. The van der Waals surface area contributed by atoms with Crippen molar-refractivity contribution in [2.24, 2.45) is 5.73 Å². The van der Waals surface area contributed by atoms with Crippen LogP contribution < -0.4 is 5.73 Å². The van der Waals surface area contributed by atoms with Gasteiger partial charge in [0.25, 0.3) is 0 Å². The Morgan fingerprint density at radius 2 is 2.00 bits per heavy atom. The lowest BCUT2D eigenvalue weighted by Gasteiger charge is -2.24. The van der Waals surface area contributed by atoms with Crippen LogP contribution in [0.25, 0.3) is 0 Å². The summed E-state index contributed by atoms with van der Waals surface area (Å²) in [5.41, 5.74) is 6.71. The van der Waals surface area contributed by atoms with Gasteiger partial charge in [-0.2, -0.15) is 0 Å². The molecule has 1 aromatic carbocycles. The first-order valence-electron chi connectivity index (χ1n) is 6.56. The van der Waals surface area contributed by atoms with Crippen LogP contribution in [0.4, 0.5) is 0 Å². The molecular formula is C14H18N2O4. The first kappa shape index (κ1) is 14.3. The number of carboxylic acids is 1. The van der Waals surface area contributed by atoms with Gasteiger partial charge in [0.05, 0.1) is 6.04 Å². The fourth-order valence-corrected chi connectivity index (χ4v) is 2.47. The fourth-order valence-electron chi connectivity index (χ4n) is 2.47. The van der Waals surface area contributed by atoms with Gasteiger partial charge in [-0.1, -0.05) is 12.1 Å². The first-order chi connectivity index (χ1) is 9.49. The Labute approximate surface area is 116 Å². The van der Waals surface area contributed by atoms with Gasteiger partial charge in [-0.05, 0) is 37.0 Å². The maximum Gasteiger partial charge on any atom is 0.326 e. The van der Waals surface area contributed by atoms with Gasteiger partial charge in [0.2, 0.25) is 5.91 Å². The zero-order chi connectivity index (χ0) is 14.7. The van der Waals surface area contributed by atoms with Crippen molar-refractivity contribution in [1.82, 2.24) is 4.90 Å². The van der Waals surface area contributed by atoms with Crippen molar-refractivity contribution in [1.29, 1.82) is 0 Å². The van der Waals surface area contributed by atoms with Crippen molar-refractivity contribution in [3.05, 3.63) is 29.8 Å². The van der Waals surface area contributed by atoms with E-state index in [0.29, 0.717) is 25.8 Å². The van der Waals surface area contributed by atoms with Crippen LogP contribution in [0.2, 0.25) is 0 Å². The van der Waals surface area contributed by atoms with Crippen LogP contribution in [-0.2, 0) is 16.0 Å². The minimum Gasteiger partial charge on any atom is -0.508 e. The number of carbonyl (C=O) groups excluding carboxylic acids is 1. The maximum atomic E-state index is 12.2. The molecule has 0 radical (unpaired) electrons. The van der Waals surface area contributed by atoms with Gasteiger partial charge in [-0.15, -0.1) is 0 Å². The van der Waals surface area contributed by atoms with Gasteiger partial charge in [0, 0.05) is 6.54 Å². The zero-order valence-corrected chi connectivity index (χ0v) is 11.0. The number of aliphatic carboxylic acids is 1. The van der Waals surface area contributed by atoms with E-state index < -0.39 is 18.1 Å². The number of phenolic OH excluding ortho intramolecular Hbond substituents is 1. The largest absolute Gasteiger partial charge is 0.508 e. The third kappa shape index (κ3) is 3.08. The van der Waals surface area contributed by atoms with E-state index in [1.807, 2.05) is 0 Å². The molecule has 2 atom stereocenters. The molecule has 108 valence electrons. The molecule has 20 heavy (non-hydrogen) atoms. The Morgan fingerprint density at radius 3 is 2.60 bits per heavy atom. The van der Waals surface area contributed by atoms with Crippen LogP contribution in [0.15, 0.2) is 24.3 Å². The van der Waals surface area contributed by atoms with Gasteiger partial charge >= 0.3 is 5.97 Å². The number of benzene rings is 1. The van der Waals surface area contributed by atoms with E-state index in [4.69, 9.17) is 10.8 Å². The molecule has 1 amide bonds. The van der Waals surface area contributed by atoms with Crippen molar-refractivity contribution in [2.45, 2.75) is 31.3 Å². The maximum absolute atomic E-state index is 12.2. The van der Waals surface area contributed by atoms with Gasteiger partial charge in [0.1, 0.15) is 11.8 Å². The number of aromatic hydroxyl groups is 1. The predicted octanol–water partition coefficient (Wildman–Crippen LogP) is 0.338. The predicted molar refractivity (Wildman–Crippen MR) is 72.2 cm³/mol. The van der Waals surface area contributed by atoms with E-state index in [0.717, 1.165) is 5.56 Å². The molecule has 2 rings (SSSR count). The summed E-state index contributed by atoms with van der Waals surface area (Å²) in [5.74, 6) is -1.16. The molecule has 1 fully saturated rings. The third-order valence-corrected chi connectivity index (χ3v) is 3.53. The molecule has 0 saturated carbocycles. The summed E-state index contributed by atoms with van der Waals surface area (Å²) in [4.78, 5) is 24.6. The van der Waals surface area contributed by atoms with E-state index in [9.17, 15) is 14.7 Å². The van der Waals surface area contributed by atoms with Gasteiger partial charge < -0.3 is 20.8 Å². The van der Waals surface area contributed by atoms with Crippen LogP contribution in [0, 0.1) is 0 Å². The molecule has 0 spiro atoms. The molecular weight excluding hydrogens is 260 g/mol. The lowest BCUT2D eigenvalue weighted by Crippen LogP contribution is -2.49. The Kier molecular flexibility index (Phi) is 4.24. The van der Waals surface area contributed by atoms with E-state index in [2.05, 4.69) is 0 Å². The Balaban J connectivity index is 2.01. The number of nitrogens with zero attached hydrogens (tertiary/aromatic N) is 1. The molecule has 4 N–H and O–H groups in total. The summed E-state index contributed by atoms with van der Waals surface area (Å²) in [5, 5.41) is 18.3. The second-order valence-corrected chi connectivity index (χ2v) is 5.00. The van der Waals surface area contributed by atoms with Crippen molar-refractivity contribution >= 4 is 11.9 Å². The number of rotatable bonds is 4. The van der Waals surface area contributed by atoms with Crippen LogP contribution in [0.1, 0.15) is 18.4 Å². The molecule has 0 aromatic heterocycles. The lowest BCUT2D eigenvalue weighted by atomic mass is 10.0. The molecule has 0 bridgehead atoms. The second kappa shape index (κ2) is 5.92. The smallest absolute Gasteiger partial charge is 0.326 e. The lowest BCUT2D eigenvalue weighted by molar-refractivity contribution is -0.148. The third-order valence-electron chi connectivity index (χ3n) is 3.53. The van der Waals surface area contributed by atoms with E-state index in [1.54, 1.807) is 12.1 Å². The standard InChI is InChI=1S/C14H18N2O4/c15-11(8-9-3-5-10(17)6-4-9)13(18)16-7-1-2-12(16)14(19)20/h3-6,11-12,17H,1-2,7-8,15H2,(H,19,20)/t11-,12?/m0/s1. The highest BCUT2D eigenvalue weighted by molar-refractivity contribution is 5.87.